The second kappa shape index (κ2) is 12.6. The van der Waals surface area contributed by atoms with Gasteiger partial charge in [0.25, 0.3) is 0 Å². The van der Waals surface area contributed by atoms with Crippen LogP contribution >= 0.6 is 0 Å². The molecular formula is C23H23Cl2FeN3. The Morgan fingerprint density at radius 2 is 0.966 bits per heavy atom. The van der Waals surface area contributed by atoms with Crippen molar-refractivity contribution in [2.24, 2.45) is 9.98 Å². The monoisotopic (exact) mass is 467 g/mol. The van der Waals surface area contributed by atoms with Gasteiger partial charge in [0.05, 0.1) is 34.2 Å². The predicted octanol–water partition coefficient (Wildman–Crippen LogP) is -0.0147. The largest absolute Gasteiger partial charge is 2.00 e. The van der Waals surface area contributed by atoms with Gasteiger partial charge in [0.1, 0.15) is 0 Å². The Morgan fingerprint density at radius 3 is 1.31 bits per heavy atom. The number of halogens is 2. The fourth-order valence-electron chi connectivity index (χ4n) is 2.58. The molecule has 0 aliphatic carbocycles. The topological polar surface area (TPSA) is 37.6 Å². The van der Waals surface area contributed by atoms with Crippen LogP contribution in [0, 0.1) is 13.8 Å². The van der Waals surface area contributed by atoms with E-state index < -0.39 is 0 Å². The number of nitrogens with zero attached hydrogens (tertiary/aromatic N) is 3. The Labute approximate surface area is 196 Å². The van der Waals surface area contributed by atoms with E-state index in [4.69, 9.17) is 4.98 Å². The Morgan fingerprint density at radius 1 is 0.621 bits per heavy atom. The average molecular weight is 468 g/mol. The molecule has 0 N–H and O–H groups in total. The van der Waals surface area contributed by atoms with Gasteiger partial charge in [-0.25, -0.2) is 4.98 Å². The van der Waals surface area contributed by atoms with Gasteiger partial charge in [-0.05, 0) is 64.1 Å². The predicted molar refractivity (Wildman–Crippen MR) is 110 cm³/mol. The summed E-state index contributed by atoms with van der Waals surface area (Å²) in [5, 5.41) is 0. The summed E-state index contributed by atoms with van der Waals surface area (Å²) in [5.74, 6) is 0. The van der Waals surface area contributed by atoms with E-state index in [1.807, 2.05) is 56.3 Å². The number of hydrogen-bond acceptors (Lipinski definition) is 3. The van der Waals surface area contributed by atoms with Crippen molar-refractivity contribution < 1.29 is 41.9 Å². The molecule has 1 aromatic heterocycles. The molecular weight excluding hydrogens is 445 g/mol. The zero-order chi connectivity index (χ0) is 18.5. The number of hydrogen-bond donors (Lipinski definition) is 0. The molecule has 0 spiro atoms. The molecule has 1 heterocycles. The number of aryl methyl sites for hydroxylation is 2. The maximum absolute atomic E-state index is 4.74. The molecule has 0 aliphatic rings. The normalized spacial score (nSPS) is 11.0. The van der Waals surface area contributed by atoms with Crippen LogP contribution in [-0.4, -0.2) is 16.4 Å². The second-order valence-corrected chi connectivity index (χ2v) is 6.47. The van der Waals surface area contributed by atoms with Gasteiger partial charge in [-0.2, -0.15) is 0 Å². The van der Waals surface area contributed by atoms with Gasteiger partial charge in [0.15, 0.2) is 0 Å². The van der Waals surface area contributed by atoms with Crippen LogP contribution in [0.3, 0.4) is 0 Å². The van der Waals surface area contributed by atoms with Crippen LogP contribution in [0.25, 0.3) is 0 Å². The summed E-state index contributed by atoms with van der Waals surface area (Å²) in [6.45, 7) is 8.11. The zero-order valence-corrected chi connectivity index (χ0v) is 19.4. The van der Waals surface area contributed by atoms with Crippen LogP contribution in [0.15, 0.2) is 76.7 Å². The SMILES string of the molecule is CC(=Nc1ccc(C)cc1)c1cccc(C(C)=Nc2ccc(C)cc2)n1.[Cl-].[Cl-].[Fe+2]. The molecule has 0 aliphatic heterocycles. The van der Waals surface area contributed by atoms with E-state index in [0.29, 0.717) is 0 Å². The standard InChI is InChI=1S/C23H23N3.2ClH.Fe/c1-16-8-12-20(13-9-16)24-18(3)22-6-5-7-23(26-22)19(4)25-21-14-10-17(2)11-15-21;;;/h5-15H,1-4H3;2*1H;/q;;;+2/p-2. The number of aliphatic imine (C=N–C) groups is 2. The Kier molecular flexibility index (Phi) is 11.7. The van der Waals surface area contributed by atoms with Crippen molar-refractivity contribution in [1.82, 2.24) is 4.98 Å². The van der Waals surface area contributed by atoms with Gasteiger partial charge in [-0.15, -0.1) is 0 Å². The van der Waals surface area contributed by atoms with Crippen LogP contribution in [-0.2, 0) is 17.1 Å². The van der Waals surface area contributed by atoms with Crippen molar-refractivity contribution in [3.8, 4) is 0 Å². The minimum atomic E-state index is 0. The van der Waals surface area contributed by atoms with Crippen LogP contribution in [0.2, 0.25) is 0 Å². The van der Waals surface area contributed by atoms with E-state index in [-0.39, 0.29) is 41.9 Å². The van der Waals surface area contributed by atoms with Crippen LogP contribution in [0.5, 0.6) is 0 Å². The van der Waals surface area contributed by atoms with Crippen molar-refractivity contribution in [3.05, 3.63) is 89.2 Å². The van der Waals surface area contributed by atoms with Crippen LogP contribution < -0.4 is 24.8 Å². The van der Waals surface area contributed by atoms with Crippen LogP contribution in [0.1, 0.15) is 36.4 Å². The summed E-state index contributed by atoms with van der Waals surface area (Å²) >= 11 is 0. The molecule has 0 unspecified atom stereocenters. The summed E-state index contributed by atoms with van der Waals surface area (Å²) in [6.07, 6.45) is 0. The molecule has 0 fully saturated rings. The molecule has 29 heavy (non-hydrogen) atoms. The first-order valence-corrected chi connectivity index (χ1v) is 8.73. The van der Waals surface area contributed by atoms with Gasteiger partial charge in [-0.1, -0.05) is 41.5 Å². The first kappa shape index (κ1) is 27.0. The number of benzene rings is 2. The fraction of sp³-hybridized carbons (Fsp3) is 0.174. The molecule has 2 aromatic carbocycles. The molecule has 3 nitrogen and oxygen atoms in total. The Balaban J connectivity index is 0.00000261. The molecule has 0 amide bonds. The van der Waals surface area contributed by atoms with Gasteiger partial charge >= 0.3 is 17.1 Å². The third-order valence-corrected chi connectivity index (χ3v) is 4.15. The number of aromatic nitrogens is 1. The maximum Gasteiger partial charge on any atom is 2.00 e. The molecule has 0 bridgehead atoms. The molecule has 6 heteroatoms. The van der Waals surface area contributed by atoms with Crippen LogP contribution in [0.4, 0.5) is 11.4 Å². The Bertz CT molecular complexity index is 889. The summed E-state index contributed by atoms with van der Waals surface area (Å²) < 4.78 is 0. The van der Waals surface area contributed by atoms with E-state index in [0.717, 1.165) is 34.2 Å². The van der Waals surface area contributed by atoms with Crippen molar-refractivity contribution in [3.63, 3.8) is 0 Å². The first-order valence-electron chi connectivity index (χ1n) is 8.73. The molecule has 0 saturated heterocycles. The second-order valence-electron chi connectivity index (χ2n) is 6.47. The number of pyridine rings is 1. The summed E-state index contributed by atoms with van der Waals surface area (Å²) in [4.78, 5) is 14.1. The van der Waals surface area contributed by atoms with Gasteiger partial charge in [0.2, 0.25) is 0 Å². The molecule has 3 aromatic rings. The third kappa shape index (κ3) is 7.75. The maximum atomic E-state index is 4.74. The Hall–Kier alpha value is -1.97. The van der Waals surface area contributed by atoms with E-state index in [1.165, 1.54) is 11.1 Å². The van der Waals surface area contributed by atoms with E-state index in [2.05, 4.69) is 48.1 Å². The summed E-state index contributed by atoms with van der Waals surface area (Å²) in [7, 11) is 0. The van der Waals surface area contributed by atoms with E-state index >= 15 is 0 Å². The van der Waals surface area contributed by atoms with Gasteiger partial charge in [-0.3, -0.25) is 9.98 Å². The minimum absolute atomic E-state index is 0. The summed E-state index contributed by atoms with van der Waals surface area (Å²) in [6, 6.07) is 22.3. The van der Waals surface area contributed by atoms with Crippen molar-refractivity contribution in [2.75, 3.05) is 0 Å². The van der Waals surface area contributed by atoms with E-state index in [9.17, 15) is 0 Å². The van der Waals surface area contributed by atoms with Gasteiger partial charge < -0.3 is 24.8 Å². The fourth-order valence-corrected chi connectivity index (χ4v) is 2.58. The van der Waals surface area contributed by atoms with Gasteiger partial charge in [0, 0.05) is 0 Å². The smallest absolute Gasteiger partial charge is 1.00 e. The molecule has 0 radical (unpaired) electrons. The average Bonchev–Trinajstić information content (AvgIpc) is 2.65. The molecule has 0 atom stereocenters. The molecule has 152 valence electrons. The molecule has 0 saturated carbocycles. The third-order valence-electron chi connectivity index (χ3n) is 4.15. The zero-order valence-electron chi connectivity index (χ0n) is 16.8. The molecule has 3 rings (SSSR count). The van der Waals surface area contributed by atoms with Crippen molar-refractivity contribution >= 4 is 22.8 Å². The number of rotatable bonds is 4. The minimum Gasteiger partial charge on any atom is -1.00 e. The summed E-state index contributed by atoms with van der Waals surface area (Å²) in [5.41, 5.74) is 7.82. The van der Waals surface area contributed by atoms with E-state index in [1.54, 1.807) is 0 Å². The van der Waals surface area contributed by atoms with Crippen molar-refractivity contribution in [1.29, 1.82) is 0 Å². The van der Waals surface area contributed by atoms with Crippen molar-refractivity contribution in [2.45, 2.75) is 27.7 Å². The first-order chi connectivity index (χ1) is 12.5. The quantitative estimate of drug-likeness (QED) is 0.392.